The number of thiophene rings is 1. The summed E-state index contributed by atoms with van der Waals surface area (Å²) in [6.07, 6.45) is -4.65. The van der Waals surface area contributed by atoms with Crippen LogP contribution in [0.4, 0.5) is 13.2 Å². The molecule has 0 aromatic carbocycles. The van der Waals surface area contributed by atoms with E-state index in [0.29, 0.717) is 4.70 Å². The first-order valence-electron chi connectivity index (χ1n) is 4.52. The molecule has 2 rings (SSSR count). The lowest BCUT2D eigenvalue weighted by Crippen LogP contribution is -2.13. The van der Waals surface area contributed by atoms with Crippen molar-refractivity contribution in [3.05, 3.63) is 23.2 Å². The van der Waals surface area contributed by atoms with Crippen LogP contribution in [0, 0.1) is 0 Å². The van der Waals surface area contributed by atoms with Crippen LogP contribution in [0.2, 0.25) is 0 Å². The zero-order valence-electron chi connectivity index (χ0n) is 8.54. The Morgan fingerprint density at radius 3 is 2.76 bits per heavy atom. The summed E-state index contributed by atoms with van der Waals surface area (Å²) in [4.78, 5) is 14.2. The van der Waals surface area contributed by atoms with Gasteiger partial charge in [-0.15, -0.1) is 11.3 Å². The summed E-state index contributed by atoms with van der Waals surface area (Å²) in [7, 11) is 0. The van der Waals surface area contributed by atoms with Gasteiger partial charge in [0, 0.05) is 13.0 Å². The molecule has 0 saturated carbocycles. The quantitative estimate of drug-likeness (QED) is 0.740. The summed E-state index contributed by atoms with van der Waals surface area (Å²) in [6, 6.07) is 2.66. The van der Waals surface area contributed by atoms with E-state index in [1.807, 2.05) is 0 Å². The van der Waals surface area contributed by atoms with E-state index in [9.17, 15) is 18.0 Å². The predicted octanol–water partition coefficient (Wildman–Crippen LogP) is 3.24. The number of ether oxygens (including phenoxy) is 1. The Morgan fingerprint density at radius 2 is 2.18 bits per heavy atom. The maximum atomic E-state index is 12.7. The Morgan fingerprint density at radius 1 is 1.47 bits per heavy atom. The van der Waals surface area contributed by atoms with E-state index in [2.05, 4.69) is 9.72 Å². The second-order valence-electron chi connectivity index (χ2n) is 3.23. The molecule has 2 heterocycles. The summed E-state index contributed by atoms with van der Waals surface area (Å²) in [5, 5.41) is 1.62. The molecule has 0 radical (unpaired) electrons. The first-order chi connectivity index (χ1) is 7.88. The molecule has 0 saturated heterocycles. The molecule has 0 amide bonds. The minimum atomic E-state index is -4.65. The van der Waals surface area contributed by atoms with Crippen molar-refractivity contribution in [1.29, 1.82) is 0 Å². The monoisotopic (exact) mass is 261 g/mol. The number of fused-ring (bicyclic) bond motifs is 1. The Balaban J connectivity index is 2.63. The van der Waals surface area contributed by atoms with Gasteiger partial charge in [-0.1, -0.05) is 0 Å². The molecule has 0 aliphatic carbocycles. The topological polar surface area (TPSA) is 39.2 Å². The smallest absolute Gasteiger partial charge is 0.424 e. The molecule has 0 unspecified atom stereocenters. The zero-order valence-corrected chi connectivity index (χ0v) is 9.35. The molecule has 0 N–H and O–H groups in total. The molecule has 3 nitrogen and oxygen atoms in total. The largest absolute Gasteiger partial charge is 0.437 e. The van der Waals surface area contributed by atoms with E-state index in [1.54, 1.807) is 5.38 Å². The van der Waals surface area contributed by atoms with Gasteiger partial charge in [-0.3, -0.25) is 4.79 Å². The molecule has 0 spiro atoms. The van der Waals surface area contributed by atoms with Crippen molar-refractivity contribution in [3.63, 3.8) is 0 Å². The van der Waals surface area contributed by atoms with Crippen LogP contribution in [0.5, 0.6) is 5.75 Å². The van der Waals surface area contributed by atoms with Crippen LogP contribution in [-0.2, 0) is 11.0 Å². The number of esters is 1. The number of hydrogen-bond donors (Lipinski definition) is 0. The summed E-state index contributed by atoms with van der Waals surface area (Å²) in [5.74, 6) is -1.37. The predicted molar refractivity (Wildman–Crippen MR) is 55.9 cm³/mol. The second-order valence-corrected chi connectivity index (χ2v) is 4.18. The molecular weight excluding hydrogens is 255 g/mol. The van der Waals surface area contributed by atoms with Crippen molar-refractivity contribution in [2.75, 3.05) is 0 Å². The lowest BCUT2D eigenvalue weighted by Gasteiger charge is -2.10. The van der Waals surface area contributed by atoms with Gasteiger partial charge in [0.05, 0.1) is 10.2 Å². The van der Waals surface area contributed by atoms with E-state index in [4.69, 9.17) is 0 Å². The number of pyridine rings is 1. The van der Waals surface area contributed by atoms with Gasteiger partial charge in [-0.05, 0) is 11.4 Å². The van der Waals surface area contributed by atoms with Crippen LogP contribution in [0.25, 0.3) is 10.2 Å². The van der Waals surface area contributed by atoms with Crippen LogP contribution in [-0.4, -0.2) is 11.0 Å². The molecule has 90 valence electrons. The molecular formula is C10H6F3NO2S. The van der Waals surface area contributed by atoms with Crippen molar-refractivity contribution in [2.45, 2.75) is 13.1 Å². The van der Waals surface area contributed by atoms with Crippen LogP contribution >= 0.6 is 11.3 Å². The van der Waals surface area contributed by atoms with E-state index >= 15 is 0 Å². The van der Waals surface area contributed by atoms with Crippen molar-refractivity contribution in [1.82, 2.24) is 4.98 Å². The summed E-state index contributed by atoms with van der Waals surface area (Å²) >= 11 is 1.23. The third-order valence-electron chi connectivity index (χ3n) is 1.92. The molecule has 0 aliphatic rings. The Hall–Kier alpha value is -1.63. The summed E-state index contributed by atoms with van der Waals surface area (Å²) in [6.45, 7) is 1.04. The normalized spacial score (nSPS) is 11.8. The van der Waals surface area contributed by atoms with Gasteiger partial charge in [-0.2, -0.15) is 13.2 Å². The fraction of sp³-hybridized carbons (Fsp3) is 0.200. The Kier molecular flexibility index (Phi) is 2.78. The average molecular weight is 261 g/mol. The van der Waals surface area contributed by atoms with Gasteiger partial charge in [0.15, 0.2) is 11.4 Å². The first-order valence-corrected chi connectivity index (χ1v) is 5.40. The molecule has 17 heavy (non-hydrogen) atoms. The zero-order chi connectivity index (χ0) is 12.6. The second kappa shape index (κ2) is 3.99. The van der Waals surface area contributed by atoms with E-state index in [-0.39, 0.29) is 5.52 Å². The van der Waals surface area contributed by atoms with Crippen molar-refractivity contribution < 1.29 is 22.7 Å². The van der Waals surface area contributed by atoms with Crippen molar-refractivity contribution >= 4 is 27.5 Å². The highest BCUT2D eigenvalue weighted by Gasteiger charge is 2.37. The van der Waals surface area contributed by atoms with Crippen LogP contribution < -0.4 is 4.74 Å². The Labute approximate surface area is 97.8 Å². The van der Waals surface area contributed by atoms with Crippen LogP contribution in [0.15, 0.2) is 17.5 Å². The number of alkyl halides is 3. The fourth-order valence-corrected chi connectivity index (χ4v) is 2.07. The fourth-order valence-electron chi connectivity index (χ4n) is 1.31. The highest BCUT2D eigenvalue weighted by molar-refractivity contribution is 7.17. The number of halogens is 3. The summed E-state index contributed by atoms with van der Waals surface area (Å²) in [5.41, 5.74) is -0.947. The number of carbonyl (C=O) groups excluding carboxylic acids is 1. The maximum absolute atomic E-state index is 12.7. The molecule has 2 aromatic rings. The molecule has 2 aromatic heterocycles. The third kappa shape index (κ3) is 2.38. The van der Waals surface area contributed by atoms with E-state index in [0.717, 1.165) is 6.92 Å². The number of hydrogen-bond acceptors (Lipinski definition) is 4. The van der Waals surface area contributed by atoms with Crippen LogP contribution in [0.3, 0.4) is 0 Å². The van der Waals surface area contributed by atoms with Gasteiger partial charge < -0.3 is 4.74 Å². The van der Waals surface area contributed by atoms with Crippen molar-refractivity contribution in [2.24, 2.45) is 0 Å². The lowest BCUT2D eigenvalue weighted by molar-refractivity contribution is -0.144. The average Bonchev–Trinajstić information content (AvgIpc) is 2.60. The van der Waals surface area contributed by atoms with Crippen LogP contribution in [0.1, 0.15) is 12.6 Å². The SMILES string of the molecule is CC(=O)Oc1cc2sccc2nc1C(F)(F)F. The van der Waals surface area contributed by atoms with E-state index in [1.165, 1.54) is 23.5 Å². The van der Waals surface area contributed by atoms with Gasteiger partial charge in [0.25, 0.3) is 0 Å². The maximum Gasteiger partial charge on any atom is 0.437 e. The van der Waals surface area contributed by atoms with Crippen molar-refractivity contribution in [3.8, 4) is 5.75 Å². The Bertz CT molecular complexity index is 576. The molecule has 0 fully saturated rings. The minimum Gasteiger partial charge on any atom is -0.424 e. The number of carbonyl (C=O) groups is 1. The standard InChI is InChI=1S/C10H6F3NO2S/c1-5(15)16-7-4-8-6(2-3-17-8)14-9(7)10(11,12)13/h2-4H,1H3. The number of aromatic nitrogens is 1. The minimum absolute atomic E-state index is 0.234. The molecule has 7 heteroatoms. The molecule has 0 atom stereocenters. The third-order valence-corrected chi connectivity index (χ3v) is 2.78. The highest BCUT2D eigenvalue weighted by Crippen LogP contribution is 2.37. The van der Waals surface area contributed by atoms with E-state index < -0.39 is 23.6 Å². The van der Waals surface area contributed by atoms with Gasteiger partial charge in [-0.25, -0.2) is 4.98 Å². The number of nitrogens with zero attached hydrogens (tertiary/aromatic N) is 1. The summed E-state index contributed by atoms with van der Waals surface area (Å²) < 4.78 is 43.1. The lowest BCUT2D eigenvalue weighted by atomic mass is 10.3. The van der Waals surface area contributed by atoms with Gasteiger partial charge >= 0.3 is 12.1 Å². The van der Waals surface area contributed by atoms with Gasteiger partial charge in [0.1, 0.15) is 0 Å². The highest BCUT2D eigenvalue weighted by atomic mass is 32.1. The molecule has 0 bridgehead atoms. The molecule has 0 aliphatic heterocycles. The van der Waals surface area contributed by atoms with Gasteiger partial charge in [0.2, 0.25) is 0 Å². The number of rotatable bonds is 1. The first kappa shape index (κ1) is 11.8.